The third-order valence-electron chi connectivity index (χ3n) is 3.19. The molecular formula is C15H15ClN4. The van der Waals surface area contributed by atoms with Crippen LogP contribution in [0.25, 0.3) is 10.9 Å². The second kappa shape index (κ2) is 6.03. The normalized spacial score (nSPS) is 11.1. The maximum Gasteiger partial charge on any atom is 0.0761 e. The molecule has 0 aliphatic rings. The molecule has 2 heterocycles. The van der Waals surface area contributed by atoms with Crippen molar-refractivity contribution in [3.63, 3.8) is 0 Å². The molecule has 5 heteroatoms. The Morgan fingerprint density at radius 1 is 1.15 bits per heavy atom. The van der Waals surface area contributed by atoms with Crippen molar-refractivity contribution in [2.75, 3.05) is 6.54 Å². The van der Waals surface area contributed by atoms with Gasteiger partial charge in [0.2, 0.25) is 0 Å². The topological polar surface area (TPSA) is 42.7 Å². The van der Waals surface area contributed by atoms with Gasteiger partial charge in [0.1, 0.15) is 0 Å². The highest BCUT2D eigenvalue weighted by atomic mass is 35.5. The van der Waals surface area contributed by atoms with E-state index in [-0.39, 0.29) is 0 Å². The Morgan fingerprint density at radius 3 is 2.95 bits per heavy atom. The lowest BCUT2D eigenvalue weighted by Gasteiger charge is -2.08. The highest BCUT2D eigenvalue weighted by Crippen LogP contribution is 2.24. The minimum absolute atomic E-state index is 0.744. The Kier molecular flexibility index (Phi) is 3.95. The number of pyridine rings is 1. The predicted octanol–water partition coefficient (Wildman–Crippen LogP) is 2.87. The quantitative estimate of drug-likeness (QED) is 0.734. The fourth-order valence-corrected chi connectivity index (χ4v) is 2.40. The number of rotatable bonds is 5. The fraction of sp³-hybridized carbons (Fsp3) is 0.200. The average Bonchev–Trinajstić information content (AvgIpc) is 2.99. The van der Waals surface area contributed by atoms with Gasteiger partial charge in [-0.15, -0.1) is 0 Å². The molecule has 20 heavy (non-hydrogen) atoms. The van der Waals surface area contributed by atoms with Crippen molar-refractivity contribution in [3.8, 4) is 0 Å². The van der Waals surface area contributed by atoms with E-state index in [4.69, 9.17) is 11.6 Å². The molecule has 0 spiro atoms. The number of fused-ring (bicyclic) bond motifs is 1. The number of nitrogens with one attached hydrogen (secondary N) is 1. The van der Waals surface area contributed by atoms with Crippen LogP contribution in [-0.4, -0.2) is 21.3 Å². The minimum atomic E-state index is 0.744. The number of nitrogens with zero attached hydrogens (tertiary/aromatic N) is 3. The van der Waals surface area contributed by atoms with Gasteiger partial charge in [-0.3, -0.25) is 9.67 Å². The van der Waals surface area contributed by atoms with Crippen LogP contribution in [0.4, 0.5) is 0 Å². The lowest BCUT2D eigenvalue weighted by atomic mass is 10.1. The van der Waals surface area contributed by atoms with E-state index in [0.29, 0.717) is 0 Å². The first-order chi connectivity index (χ1) is 9.84. The molecule has 0 amide bonds. The Bertz CT molecular complexity index is 694. The lowest BCUT2D eigenvalue weighted by Crippen LogP contribution is -2.20. The summed E-state index contributed by atoms with van der Waals surface area (Å²) >= 11 is 6.19. The molecule has 0 unspecified atom stereocenters. The summed E-state index contributed by atoms with van der Waals surface area (Å²) in [6.07, 6.45) is 5.55. The Morgan fingerprint density at radius 2 is 2.10 bits per heavy atom. The van der Waals surface area contributed by atoms with Crippen molar-refractivity contribution in [2.24, 2.45) is 0 Å². The monoisotopic (exact) mass is 286 g/mol. The van der Waals surface area contributed by atoms with E-state index in [2.05, 4.69) is 15.4 Å². The van der Waals surface area contributed by atoms with Gasteiger partial charge in [-0.2, -0.15) is 5.10 Å². The molecule has 0 fully saturated rings. The van der Waals surface area contributed by atoms with Gasteiger partial charge in [0.15, 0.2) is 0 Å². The molecule has 0 bridgehead atoms. The summed E-state index contributed by atoms with van der Waals surface area (Å²) in [6, 6.07) is 9.78. The smallest absolute Gasteiger partial charge is 0.0761 e. The zero-order chi connectivity index (χ0) is 13.8. The summed E-state index contributed by atoms with van der Waals surface area (Å²) in [4.78, 5) is 4.43. The first-order valence-corrected chi connectivity index (χ1v) is 6.92. The average molecular weight is 287 g/mol. The molecule has 3 rings (SSSR count). The maximum absolute atomic E-state index is 6.19. The Hall–Kier alpha value is -1.91. The van der Waals surface area contributed by atoms with Gasteiger partial charge in [-0.25, -0.2) is 0 Å². The molecule has 0 radical (unpaired) electrons. The van der Waals surface area contributed by atoms with Crippen molar-refractivity contribution in [1.29, 1.82) is 0 Å². The zero-order valence-corrected chi connectivity index (χ0v) is 11.7. The van der Waals surface area contributed by atoms with E-state index in [0.717, 1.165) is 41.1 Å². The van der Waals surface area contributed by atoms with Crippen LogP contribution in [0.3, 0.4) is 0 Å². The number of benzene rings is 1. The molecule has 0 aliphatic carbocycles. The van der Waals surface area contributed by atoms with Crippen molar-refractivity contribution in [1.82, 2.24) is 20.1 Å². The van der Waals surface area contributed by atoms with Crippen LogP contribution < -0.4 is 5.32 Å². The Balaban J connectivity index is 1.67. The van der Waals surface area contributed by atoms with Gasteiger partial charge in [0.05, 0.1) is 12.1 Å². The van der Waals surface area contributed by atoms with E-state index in [1.54, 1.807) is 12.4 Å². The molecule has 0 saturated carbocycles. The van der Waals surface area contributed by atoms with Crippen LogP contribution in [0.2, 0.25) is 5.02 Å². The molecule has 0 aliphatic heterocycles. The predicted molar refractivity (Wildman–Crippen MR) is 80.7 cm³/mol. The molecule has 0 saturated heterocycles. The van der Waals surface area contributed by atoms with Gasteiger partial charge in [-0.05, 0) is 29.8 Å². The van der Waals surface area contributed by atoms with Gasteiger partial charge in [0, 0.05) is 42.1 Å². The summed E-state index contributed by atoms with van der Waals surface area (Å²) in [5, 5.41) is 9.32. The SMILES string of the molecule is Clc1ccc(CNCCn2cccn2)c2ncccc12. The molecule has 2 aromatic heterocycles. The minimum Gasteiger partial charge on any atom is -0.311 e. The highest BCUT2D eigenvalue weighted by molar-refractivity contribution is 6.35. The van der Waals surface area contributed by atoms with E-state index < -0.39 is 0 Å². The van der Waals surface area contributed by atoms with Crippen LogP contribution in [0.1, 0.15) is 5.56 Å². The summed E-state index contributed by atoms with van der Waals surface area (Å²) in [6.45, 7) is 2.48. The van der Waals surface area contributed by atoms with Crippen LogP contribution in [0.15, 0.2) is 48.9 Å². The number of aromatic nitrogens is 3. The lowest BCUT2D eigenvalue weighted by molar-refractivity contribution is 0.555. The van der Waals surface area contributed by atoms with Crippen molar-refractivity contribution in [2.45, 2.75) is 13.1 Å². The van der Waals surface area contributed by atoms with E-state index in [1.807, 2.05) is 41.2 Å². The van der Waals surface area contributed by atoms with Gasteiger partial charge in [0.25, 0.3) is 0 Å². The summed E-state index contributed by atoms with van der Waals surface area (Å²) in [5.74, 6) is 0. The van der Waals surface area contributed by atoms with Crippen LogP contribution in [-0.2, 0) is 13.1 Å². The largest absolute Gasteiger partial charge is 0.311 e. The second-order valence-electron chi connectivity index (χ2n) is 4.55. The fourth-order valence-electron chi connectivity index (χ4n) is 2.19. The first-order valence-electron chi connectivity index (χ1n) is 6.55. The number of halogens is 1. The van der Waals surface area contributed by atoms with Crippen molar-refractivity contribution in [3.05, 3.63) is 59.5 Å². The summed E-state index contributed by atoms with van der Waals surface area (Å²) < 4.78 is 1.91. The van der Waals surface area contributed by atoms with Crippen molar-refractivity contribution < 1.29 is 0 Å². The summed E-state index contributed by atoms with van der Waals surface area (Å²) in [5.41, 5.74) is 2.12. The van der Waals surface area contributed by atoms with Gasteiger partial charge >= 0.3 is 0 Å². The number of hydrogen-bond acceptors (Lipinski definition) is 3. The molecule has 1 aromatic carbocycles. The van der Waals surface area contributed by atoms with Crippen LogP contribution in [0.5, 0.6) is 0 Å². The van der Waals surface area contributed by atoms with Gasteiger partial charge < -0.3 is 5.32 Å². The molecule has 4 nitrogen and oxygen atoms in total. The third-order valence-corrected chi connectivity index (χ3v) is 3.52. The zero-order valence-electron chi connectivity index (χ0n) is 11.0. The highest BCUT2D eigenvalue weighted by Gasteiger charge is 2.05. The molecular weight excluding hydrogens is 272 g/mol. The molecule has 3 aromatic rings. The molecule has 0 atom stereocenters. The van der Waals surface area contributed by atoms with Gasteiger partial charge in [-0.1, -0.05) is 17.7 Å². The van der Waals surface area contributed by atoms with E-state index in [1.165, 1.54) is 0 Å². The Labute approximate surface area is 122 Å². The molecule has 102 valence electrons. The van der Waals surface area contributed by atoms with Crippen molar-refractivity contribution >= 4 is 22.5 Å². The standard InChI is InChI=1S/C15H15ClN4/c16-14-5-4-12(15-13(14)3-1-6-18-15)11-17-8-10-20-9-2-7-19-20/h1-7,9,17H,8,10-11H2. The summed E-state index contributed by atoms with van der Waals surface area (Å²) in [7, 11) is 0. The van der Waals surface area contributed by atoms with Crippen LogP contribution >= 0.6 is 11.6 Å². The van der Waals surface area contributed by atoms with E-state index >= 15 is 0 Å². The van der Waals surface area contributed by atoms with Crippen LogP contribution in [0, 0.1) is 0 Å². The first kappa shape index (κ1) is 13.1. The number of hydrogen-bond donors (Lipinski definition) is 1. The van der Waals surface area contributed by atoms with E-state index in [9.17, 15) is 0 Å². The molecule has 1 N–H and O–H groups in total. The maximum atomic E-state index is 6.19. The second-order valence-corrected chi connectivity index (χ2v) is 4.96. The third kappa shape index (κ3) is 2.81.